The molecular formula is C25H37N5O8. The number of aldehydes is 1. The summed E-state index contributed by atoms with van der Waals surface area (Å²) < 4.78 is 0. The fourth-order valence-corrected chi connectivity index (χ4v) is 4.00. The van der Waals surface area contributed by atoms with Gasteiger partial charge in [0.1, 0.15) is 36.2 Å². The van der Waals surface area contributed by atoms with Crippen LogP contribution in [0.5, 0.6) is 5.75 Å². The second-order valence-electron chi connectivity index (χ2n) is 9.57. The third kappa shape index (κ3) is 8.23. The number of likely N-dealkylation sites (tertiary alicyclic amines) is 1. The molecule has 210 valence electrons. The summed E-state index contributed by atoms with van der Waals surface area (Å²) in [6.45, 7) is 2.47. The first kappa shape index (κ1) is 30.7. The summed E-state index contributed by atoms with van der Waals surface area (Å²) in [6.07, 6.45) is 1.24. The molecule has 0 bridgehead atoms. The number of hydrogen-bond donors (Lipinski definition) is 7. The van der Waals surface area contributed by atoms with E-state index in [9.17, 15) is 34.2 Å². The van der Waals surface area contributed by atoms with Crippen LogP contribution in [-0.4, -0.2) is 100 Å². The van der Waals surface area contributed by atoms with Crippen molar-refractivity contribution in [1.29, 1.82) is 0 Å². The topological polar surface area (TPSA) is 211 Å². The van der Waals surface area contributed by atoms with Gasteiger partial charge in [0.05, 0.1) is 19.3 Å². The van der Waals surface area contributed by atoms with Crippen LogP contribution in [0.2, 0.25) is 0 Å². The Balaban J connectivity index is 2.22. The van der Waals surface area contributed by atoms with Crippen molar-refractivity contribution in [2.24, 2.45) is 11.7 Å². The zero-order valence-electron chi connectivity index (χ0n) is 21.5. The number of phenols is 1. The Kier molecular flexibility index (Phi) is 11.6. The highest BCUT2D eigenvalue weighted by Gasteiger charge is 2.38. The zero-order valence-corrected chi connectivity index (χ0v) is 21.5. The number of nitrogens with one attached hydrogen (secondary N) is 3. The van der Waals surface area contributed by atoms with E-state index in [1.165, 1.54) is 17.0 Å². The molecule has 0 radical (unpaired) electrons. The zero-order chi connectivity index (χ0) is 28.4. The van der Waals surface area contributed by atoms with Crippen LogP contribution in [0.1, 0.15) is 32.3 Å². The Bertz CT molecular complexity index is 986. The van der Waals surface area contributed by atoms with Gasteiger partial charge in [-0.3, -0.25) is 19.2 Å². The fourth-order valence-electron chi connectivity index (χ4n) is 4.00. The molecule has 0 aromatic heterocycles. The molecule has 13 heteroatoms. The van der Waals surface area contributed by atoms with Crippen LogP contribution >= 0.6 is 0 Å². The van der Waals surface area contributed by atoms with Crippen LogP contribution in [-0.2, 0) is 30.4 Å². The Hall–Kier alpha value is -3.55. The predicted octanol–water partition coefficient (Wildman–Crippen LogP) is -2.45. The van der Waals surface area contributed by atoms with Crippen LogP contribution in [0.25, 0.3) is 0 Å². The van der Waals surface area contributed by atoms with Crippen molar-refractivity contribution in [2.45, 2.75) is 63.3 Å². The Labute approximate surface area is 220 Å². The third-order valence-corrected chi connectivity index (χ3v) is 6.36. The quantitative estimate of drug-likeness (QED) is 0.133. The number of rotatable bonds is 13. The van der Waals surface area contributed by atoms with Crippen molar-refractivity contribution in [1.82, 2.24) is 20.9 Å². The lowest BCUT2D eigenvalue weighted by atomic mass is 10.0. The molecule has 13 nitrogen and oxygen atoms in total. The van der Waals surface area contributed by atoms with Crippen molar-refractivity contribution in [3.8, 4) is 5.75 Å². The van der Waals surface area contributed by atoms with Crippen LogP contribution in [0.4, 0.5) is 0 Å². The molecule has 1 aliphatic heterocycles. The number of aliphatic hydroxyl groups excluding tert-OH is 2. The lowest BCUT2D eigenvalue weighted by Crippen LogP contribution is -2.59. The van der Waals surface area contributed by atoms with Crippen molar-refractivity contribution in [2.75, 3.05) is 19.8 Å². The summed E-state index contributed by atoms with van der Waals surface area (Å²) in [5.74, 6) is -2.77. The summed E-state index contributed by atoms with van der Waals surface area (Å²) in [4.78, 5) is 64.0. The van der Waals surface area contributed by atoms with E-state index in [1.54, 1.807) is 26.0 Å². The molecule has 1 aromatic rings. The average Bonchev–Trinajstić information content (AvgIpc) is 3.40. The fraction of sp³-hybridized carbons (Fsp3) is 0.560. The minimum absolute atomic E-state index is 0.00557. The van der Waals surface area contributed by atoms with E-state index in [0.717, 1.165) is 0 Å². The number of amides is 4. The molecule has 1 saturated heterocycles. The van der Waals surface area contributed by atoms with Crippen molar-refractivity contribution < 1.29 is 39.3 Å². The van der Waals surface area contributed by atoms with Gasteiger partial charge in [0, 0.05) is 13.0 Å². The Morgan fingerprint density at radius 3 is 2.21 bits per heavy atom. The summed E-state index contributed by atoms with van der Waals surface area (Å²) >= 11 is 0. The largest absolute Gasteiger partial charge is 0.508 e. The highest BCUT2D eigenvalue weighted by molar-refractivity contribution is 5.95. The number of benzene rings is 1. The molecule has 1 fully saturated rings. The van der Waals surface area contributed by atoms with Crippen LogP contribution in [0, 0.1) is 5.92 Å². The number of carbonyl (C=O) groups is 5. The van der Waals surface area contributed by atoms with Gasteiger partial charge >= 0.3 is 0 Å². The van der Waals surface area contributed by atoms with Crippen LogP contribution in [0.3, 0.4) is 0 Å². The molecule has 4 amide bonds. The van der Waals surface area contributed by atoms with Gasteiger partial charge in [-0.15, -0.1) is 0 Å². The van der Waals surface area contributed by atoms with Crippen LogP contribution in [0.15, 0.2) is 24.3 Å². The normalized spacial score (nSPS) is 18.3. The molecule has 5 atom stereocenters. The van der Waals surface area contributed by atoms with E-state index in [1.807, 2.05) is 0 Å². The highest BCUT2D eigenvalue weighted by atomic mass is 16.3. The van der Waals surface area contributed by atoms with Gasteiger partial charge in [-0.2, -0.15) is 0 Å². The highest BCUT2D eigenvalue weighted by Crippen LogP contribution is 2.20. The number of carbonyl (C=O) groups excluding carboxylic acids is 5. The lowest BCUT2D eigenvalue weighted by Gasteiger charge is -2.29. The monoisotopic (exact) mass is 535 g/mol. The first-order chi connectivity index (χ1) is 18.0. The van der Waals surface area contributed by atoms with E-state index in [0.29, 0.717) is 31.2 Å². The molecule has 8 N–H and O–H groups in total. The third-order valence-electron chi connectivity index (χ3n) is 6.36. The number of aliphatic hydroxyl groups is 2. The molecule has 1 aliphatic rings. The molecule has 2 rings (SSSR count). The smallest absolute Gasteiger partial charge is 0.245 e. The number of phenolic OH excluding ortho intramolecular Hbond substituents is 1. The number of nitrogens with two attached hydrogens (primary N) is 1. The first-order valence-corrected chi connectivity index (χ1v) is 12.4. The van der Waals surface area contributed by atoms with Gasteiger partial charge in [0.15, 0.2) is 0 Å². The van der Waals surface area contributed by atoms with E-state index >= 15 is 0 Å². The van der Waals surface area contributed by atoms with E-state index in [2.05, 4.69) is 16.0 Å². The number of aromatic hydroxyl groups is 1. The SMILES string of the molecule is CC(C)[C@H](N)C(=O)N1CCC[C@H]1C(=O)N[C@@H](Cc1ccc(O)cc1)C(=O)N[C@@H](CO)C(=O)N[C@H](C=O)CO. The predicted molar refractivity (Wildman–Crippen MR) is 135 cm³/mol. The van der Waals surface area contributed by atoms with Crippen molar-refractivity contribution in [3.05, 3.63) is 29.8 Å². The van der Waals surface area contributed by atoms with Crippen molar-refractivity contribution in [3.63, 3.8) is 0 Å². The first-order valence-electron chi connectivity index (χ1n) is 12.4. The number of hydrogen-bond acceptors (Lipinski definition) is 9. The molecule has 0 spiro atoms. The molecule has 0 aliphatic carbocycles. The summed E-state index contributed by atoms with van der Waals surface area (Å²) in [7, 11) is 0. The lowest BCUT2D eigenvalue weighted by molar-refractivity contribution is -0.141. The minimum atomic E-state index is -1.47. The van der Waals surface area contributed by atoms with E-state index < -0.39 is 61.1 Å². The Morgan fingerprint density at radius 2 is 1.66 bits per heavy atom. The molecule has 0 unspecified atom stereocenters. The van der Waals surface area contributed by atoms with Gasteiger partial charge in [-0.25, -0.2) is 0 Å². The molecule has 0 saturated carbocycles. The standard InChI is InChI=1S/C25H37N5O8/c1-14(2)21(26)25(38)30-9-3-4-20(30)24(37)28-18(10-15-5-7-17(34)8-6-15)22(35)29-19(13-33)23(36)27-16(11-31)12-32/h5-8,11,14,16,18-21,32-34H,3-4,9-10,12-13,26H2,1-2H3,(H,27,36)(H,28,37)(H,29,35)/t16-,18+,19+,20+,21+/m1/s1. The second-order valence-corrected chi connectivity index (χ2v) is 9.57. The van der Waals surface area contributed by atoms with E-state index in [-0.39, 0.29) is 24.0 Å². The summed E-state index contributed by atoms with van der Waals surface area (Å²) in [6, 6.07) is 0.417. The molecule has 1 heterocycles. The van der Waals surface area contributed by atoms with Gasteiger partial charge in [0.2, 0.25) is 23.6 Å². The molecule has 1 aromatic carbocycles. The summed E-state index contributed by atoms with van der Waals surface area (Å²) in [5.41, 5.74) is 6.59. The summed E-state index contributed by atoms with van der Waals surface area (Å²) in [5, 5.41) is 35.5. The van der Waals surface area contributed by atoms with Gasteiger partial charge in [-0.1, -0.05) is 26.0 Å². The number of nitrogens with zero attached hydrogens (tertiary/aromatic N) is 1. The maximum absolute atomic E-state index is 13.3. The molecule has 38 heavy (non-hydrogen) atoms. The van der Waals surface area contributed by atoms with Gasteiger partial charge < -0.3 is 46.7 Å². The van der Waals surface area contributed by atoms with Gasteiger partial charge in [0.25, 0.3) is 0 Å². The van der Waals surface area contributed by atoms with Crippen molar-refractivity contribution >= 4 is 29.9 Å². The molecular weight excluding hydrogens is 498 g/mol. The maximum atomic E-state index is 13.3. The second kappa shape index (κ2) is 14.4. The minimum Gasteiger partial charge on any atom is -0.508 e. The van der Waals surface area contributed by atoms with Crippen LogP contribution < -0.4 is 21.7 Å². The maximum Gasteiger partial charge on any atom is 0.245 e. The van der Waals surface area contributed by atoms with E-state index in [4.69, 9.17) is 10.8 Å². The Morgan fingerprint density at radius 1 is 1.03 bits per heavy atom. The van der Waals surface area contributed by atoms with Gasteiger partial charge in [-0.05, 0) is 36.5 Å². The average molecular weight is 536 g/mol.